The summed E-state index contributed by atoms with van der Waals surface area (Å²) in [5, 5.41) is 3.08. The first kappa shape index (κ1) is 18.8. The van der Waals surface area contributed by atoms with Crippen molar-refractivity contribution in [2.24, 2.45) is 11.3 Å². The number of amides is 2. The Bertz CT molecular complexity index is 407. The molecule has 2 atom stereocenters. The quantitative estimate of drug-likeness (QED) is 0.852. The Morgan fingerprint density at radius 2 is 1.73 bits per heavy atom. The largest absolute Gasteiger partial charge is 0.444 e. The molecule has 2 unspecified atom stereocenters. The van der Waals surface area contributed by atoms with Crippen LogP contribution in [0.3, 0.4) is 0 Å². The van der Waals surface area contributed by atoms with Crippen LogP contribution < -0.4 is 5.32 Å². The van der Waals surface area contributed by atoms with Gasteiger partial charge < -0.3 is 15.0 Å². The molecule has 1 rings (SSSR count). The van der Waals surface area contributed by atoms with Crippen LogP contribution >= 0.6 is 0 Å². The third kappa shape index (κ3) is 5.85. The lowest BCUT2D eigenvalue weighted by atomic mass is 9.90. The van der Waals surface area contributed by atoms with Gasteiger partial charge in [0.05, 0.1) is 0 Å². The molecule has 5 heteroatoms. The van der Waals surface area contributed by atoms with Crippen molar-refractivity contribution in [2.45, 2.75) is 73.0 Å². The van der Waals surface area contributed by atoms with E-state index in [2.05, 4.69) is 12.2 Å². The van der Waals surface area contributed by atoms with Crippen LogP contribution in [-0.4, -0.2) is 41.6 Å². The monoisotopic (exact) mass is 312 g/mol. The van der Waals surface area contributed by atoms with E-state index < -0.39 is 11.0 Å². The average Bonchev–Trinajstić information content (AvgIpc) is 2.35. The lowest BCUT2D eigenvalue weighted by molar-refractivity contribution is -0.129. The zero-order valence-electron chi connectivity index (χ0n) is 15.2. The van der Waals surface area contributed by atoms with Gasteiger partial charge >= 0.3 is 6.09 Å². The van der Waals surface area contributed by atoms with Crippen molar-refractivity contribution in [2.75, 3.05) is 13.1 Å². The summed E-state index contributed by atoms with van der Waals surface area (Å²) in [6, 6.07) is -0.00190. The van der Waals surface area contributed by atoms with Gasteiger partial charge in [0.2, 0.25) is 5.91 Å². The fraction of sp³-hybridized carbons (Fsp3) is 0.882. The molecule has 2 amide bonds. The third-order valence-electron chi connectivity index (χ3n) is 3.78. The van der Waals surface area contributed by atoms with Crippen molar-refractivity contribution in [3.05, 3.63) is 0 Å². The van der Waals surface area contributed by atoms with Crippen molar-refractivity contribution in [3.8, 4) is 0 Å². The van der Waals surface area contributed by atoms with Gasteiger partial charge in [-0.05, 0) is 33.1 Å². The van der Waals surface area contributed by atoms with Crippen molar-refractivity contribution < 1.29 is 14.3 Å². The number of nitrogens with one attached hydrogen (secondary N) is 1. The van der Waals surface area contributed by atoms with Crippen molar-refractivity contribution in [1.29, 1.82) is 0 Å². The number of rotatable bonds is 2. The van der Waals surface area contributed by atoms with Gasteiger partial charge in [-0.15, -0.1) is 0 Å². The Hall–Kier alpha value is -1.26. The van der Waals surface area contributed by atoms with Crippen LogP contribution in [0.5, 0.6) is 0 Å². The molecule has 0 spiro atoms. The molecule has 0 aromatic heterocycles. The number of carbonyl (C=O) groups excluding carboxylic acids is 2. The SMILES string of the molecule is CCC1CC(NC(=O)C(C)(C)C)CN(C(=O)OC(C)(C)C)C1. The summed E-state index contributed by atoms with van der Waals surface area (Å²) in [6.07, 6.45) is 1.61. The minimum Gasteiger partial charge on any atom is -0.444 e. The van der Waals surface area contributed by atoms with E-state index in [1.54, 1.807) is 4.90 Å². The van der Waals surface area contributed by atoms with Gasteiger partial charge in [0, 0.05) is 24.5 Å². The summed E-state index contributed by atoms with van der Waals surface area (Å²) >= 11 is 0. The van der Waals surface area contributed by atoms with Crippen molar-refractivity contribution in [1.82, 2.24) is 10.2 Å². The topological polar surface area (TPSA) is 58.6 Å². The maximum absolute atomic E-state index is 12.3. The van der Waals surface area contributed by atoms with E-state index in [9.17, 15) is 9.59 Å². The van der Waals surface area contributed by atoms with Gasteiger partial charge in [0.15, 0.2) is 0 Å². The molecule has 0 saturated carbocycles. The van der Waals surface area contributed by atoms with Crippen LogP contribution in [0.15, 0.2) is 0 Å². The van der Waals surface area contributed by atoms with E-state index >= 15 is 0 Å². The number of nitrogens with zero attached hydrogens (tertiary/aromatic N) is 1. The summed E-state index contributed by atoms with van der Waals surface area (Å²) < 4.78 is 5.46. The molecule has 1 heterocycles. The molecule has 1 saturated heterocycles. The number of piperidine rings is 1. The first-order valence-electron chi connectivity index (χ1n) is 8.21. The summed E-state index contributed by atoms with van der Waals surface area (Å²) in [7, 11) is 0. The van der Waals surface area contributed by atoms with E-state index in [1.165, 1.54) is 0 Å². The summed E-state index contributed by atoms with van der Waals surface area (Å²) in [4.78, 5) is 26.2. The first-order valence-corrected chi connectivity index (χ1v) is 8.21. The van der Waals surface area contributed by atoms with Crippen molar-refractivity contribution >= 4 is 12.0 Å². The molecule has 1 N–H and O–H groups in total. The van der Waals surface area contributed by atoms with E-state index in [-0.39, 0.29) is 18.0 Å². The number of ether oxygens (including phenoxy) is 1. The van der Waals surface area contributed by atoms with Gasteiger partial charge in [-0.2, -0.15) is 0 Å². The van der Waals surface area contributed by atoms with Gasteiger partial charge in [-0.1, -0.05) is 34.1 Å². The predicted molar refractivity (Wildman–Crippen MR) is 87.6 cm³/mol. The lowest BCUT2D eigenvalue weighted by Gasteiger charge is -2.39. The molecule has 128 valence electrons. The summed E-state index contributed by atoms with van der Waals surface area (Å²) in [5.41, 5.74) is -0.920. The van der Waals surface area contributed by atoms with Gasteiger partial charge in [-0.25, -0.2) is 4.79 Å². The minimum atomic E-state index is -0.500. The van der Waals surface area contributed by atoms with Crippen LogP contribution in [0.1, 0.15) is 61.3 Å². The summed E-state index contributed by atoms with van der Waals surface area (Å²) in [5.74, 6) is 0.421. The van der Waals surface area contributed by atoms with Crippen LogP contribution in [-0.2, 0) is 9.53 Å². The highest BCUT2D eigenvalue weighted by molar-refractivity contribution is 5.81. The smallest absolute Gasteiger partial charge is 0.410 e. The van der Waals surface area contributed by atoms with Gasteiger partial charge in [-0.3, -0.25) is 4.79 Å². The predicted octanol–water partition coefficient (Wildman–Crippen LogP) is 3.18. The van der Waals surface area contributed by atoms with Crippen LogP contribution in [0.2, 0.25) is 0 Å². The minimum absolute atomic E-state index is 0.00190. The Labute approximate surface area is 134 Å². The van der Waals surface area contributed by atoms with E-state index in [4.69, 9.17) is 4.74 Å². The van der Waals surface area contributed by atoms with E-state index in [0.29, 0.717) is 19.0 Å². The second kappa shape index (κ2) is 6.88. The Morgan fingerprint density at radius 3 is 2.18 bits per heavy atom. The molecular formula is C17H32N2O3. The van der Waals surface area contributed by atoms with Gasteiger partial charge in [0.1, 0.15) is 5.60 Å². The number of likely N-dealkylation sites (tertiary alicyclic amines) is 1. The standard InChI is InChI=1S/C17H32N2O3/c1-8-12-9-13(18-14(20)16(2,3)4)11-19(10-12)15(21)22-17(5,6)7/h12-13H,8-11H2,1-7H3,(H,18,20). The fourth-order valence-corrected chi connectivity index (χ4v) is 2.48. The molecule has 1 fully saturated rings. The molecule has 0 aliphatic carbocycles. The maximum Gasteiger partial charge on any atom is 0.410 e. The molecule has 22 heavy (non-hydrogen) atoms. The third-order valence-corrected chi connectivity index (χ3v) is 3.78. The zero-order valence-corrected chi connectivity index (χ0v) is 15.2. The molecule has 1 aliphatic heterocycles. The highest BCUT2D eigenvalue weighted by Crippen LogP contribution is 2.23. The number of carbonyl (C=O) groups is 2. The van der Waals surface area contributed by atoms with Crippen LogP contribution in [0.25, 0.3) is 0 Å². The normalized spacial score (nSPS) is 23.1. The Kier molecular flexibility index (Phi) is 5.88. The highest BCUT2D eigenvalue weighted by atomic mass is 16.6. The fourth-order valence-electron chi connectivity index (χ4n) is 2.48. The highest BCUT2D eigenvalue weighted by Gasteiger charge is 2.34. The molecular weight excluding hydrogens is 280 g/mol. The number of hydrogen-bond donors (Lipinski definition) is 1. The lowest BCUT2D eigenvalue weighted by Crippen LogP contribution is -2.54. The second-order valence-electron chi connectivity index (χ2n) is 8.32. The molecule has 0 aromatic rings. The molecule has 1 aliphatic rings. The van der Waals surface area contributed by atoms with Crippen molar-refractivity contribution in [3.63, 3.8) is 0 Å². The first-order chi connectivity index (χ1) is 9.92. The Morgan fingerprint density at radius 1 is 1.14 bits per heavy atom. The van der Waals surface area contributed by atoms with Gasteiger partial charge in [0.25, 0.3) is 0 Å². The molecule has 0 radical (unpaired) electrons. The molecule has 0 bridgehead atoms. The summed E-state index contributed by atoms with van der Waals surface area (Å²) in [6.45, 7) is 14.6. The molecule has 0 aromatic carbocycles. The molecule has 5 nitrogen and oxygen atoms in total. The average molecular weight is 312 g/mol. The van der Waals surface area contributed by atoms with E-state index in [1.807, 2.05) is 41.5 Å². The van der Waals surface area contributed by atoms with Crippen LogP contribution in [0, 0.1) is 11.3 Å². The Balaban J connectivity index is 2.73. The zero-order chi connectivity index (χ0) is 17.1. The number of hydrogen-bond acceptors (Lipinski definition) is 3. The van der Waals surface area contributed by atoms with E-state index in [0.717, 1.165) is 12.8 Å². The second-order valence-corrected chi connectivity index (χ2v) is 8.32. The maximum atomic E-state index is 12.3. The van der Waals surface area contributed by atoms with Crippen LogP contribution in [0.4, 0.5) is 4.79 Å².